The van der Waals surface area contributed by atoms with E-state index < -0.39 is 83.2 Å². The Labute approximate surface area is 242 Å². The topological polar surface area (TPSA) is 177 Å². The lowest BCUT2D eigenvalue weighted by Crippen LogP contribution is -2.62. The van der Waals surface area contributed by atoms with Crippen molar-refractivity contribution in [2.75, 3.05) is 13.2 Å². The molecule has 8 atom stereocenters. The molecule has 1 aromatic carbocycles. The number of nitrogens with one attached hydrogen (secondary N) is 4. The molecular weight excluding hydrogens is 565 g/mol. The van der Waals surface area contributed by atoms with Gasteiger partial charge in [0, 0.05) is 6.54 Å². The first-order valence-electron chi connectivity index (χ1n) is 13.1. The van der Waals surface area contributed by atoms with Gasteiger partial charge in [-0.15, -0.1) is 23.2 Å². The van der Waals surface area contributed by atoms with Crippen molar-refractivity contribution >= 4 is 52.7 Å². The average molecular weight is 600 g/mol. The third-order valence-corrected chi connectivity index (χ3v) is 7.98. The highest BCUT2D eigenvalue weighted by Crippen LogP contribution is 2.29. The molecule has 0 aromatic heterocycles. The molecule has 2 saturated heterocycles. The second kappa shape index (κ2) is 14.1. The second-order valence-electron chi connectivity index (χ2n) is 9.95. The van der Waals surface area contributed by atoms with Crippen molar-refractivity contribution in [3.05, 3.63) is 35.9 Å². The Kier molecular flexibility index (Phi) is 11.1. The standard InChI is InChI=1S/C26H35Cl2N5O7/c1-3-7-16-26(40)33-11-15(27)20(28)22(33)25(39)32-21(13(2)35)24(38)31-18(12-34)23(37)30-17(10-19(36)29-16)14-8-5-4-6-9-14/h4-6,8-9,13,15-18,20-22,34-35H,3,7,10-12H2,1-2H3,(H,29,36)(H,30,37)(H,31,38)(H,32,39)/t13?,15-,16-,17-,18?,20-,21+,22+/m1/s1. The molecule has 2 heterocycles. The number of amides is 5. The molecule has 0 aliphatic carbocycles. The van der Waals surface area contributed by atoms with E-state index in [0.29, 0.717) is 12.0 Å². The lowest BCUT2D eigenvalue weighted by atomic mass is 10.0. The van der Waals surface area contributed by atoms with Gasteiger partial charge in [0.2, 0.25) is 29.5 Å². The van der Waals surface area contributed by atoms with Crippen LogP contribution in [0.1, 0.15) is 44.7 Å². The van der Waals surface area contributed by atoms with Gasteiger partial charge in [-0.25, -0.2) is 0 Å². The van der Waals surface area contributed by atoms with E-state index in [1.165, 1.54) is 11.8 Å². The van der Waals surface area contributed by atoms with Crippen LogP contribution in [0.15, 0.2) is 30.3 Å². The number of aliphatic hydroxyl groups excluding tert-OH is 2. The van der Waals surface area contributed by atoms with Crippen LogP contribution in [0.5, 0.6) is 0 Å². The fourth-order valence-corrected chi connectivity index (χ4v) is 5.40. The number of nitrogens with zero attached hydrogens (tertiary/aromatic N) is 1. The highest BCUT2D eigenvalue weighted by atomic mass is 35.5. The Balaban J connectivity index is 2.04. The van der Waals surface area contributed by atoms with Gasteiger partial charge in [-0.3, -0.25) is 24.0 Å². The molecule has 0 spiro atoms. The molecule has 6 N–H and O–H groups in total. The number of rotatable bonds is 5. The largest absolute Gasteiger partial charge is 0.394 e. The van der Waals surface area contributed by atoms with E-state index in [4.69, 9.17) is 23.2 Å². The Morgan fingerprint density at radius 1 is 0.950 bits per heavy atom. The summed E-state index contributed by atoms with van der Waals surface area (Å²) in [5, 5.41) is 28.5. The molecule has 0 bridgehead atoms. The van der Waals surface area contributed by atoms with Crippen molar-refractivity contribution in [3.8, 4) is 0 Å². The van der Waals surface area contributed by atoms with Gasteiger partial charge >= 0.3 is 0 Å². The maximum Gasteiger partial charge on any atom is 0.245 e. The third-order valence-electron chi connectivity index (χ3n) is 6.90. The summed E-state index contributed by atoms with van der Waals surface area (Å²) in [5.41, 5.74) is 0.581. The van der Waals surface area contributed by atoms with Crippen LogP contribution < -0.4 is 21.3 Å². The van der Waals surface area contributed by atoms with Gasteiger partial charge in [-0.1, -0.05) is 43.7 Å². The van der Waals surface area contributed by atoms with Crippen LogP contribution in [0, 0.1) is 0 Å². The van der Waals surface area contributed by atoms with E-state index in [-0.39, 0.29) is 19.4 Å². The van der Waals surface area contributed by atoms with E-state index in [2.05, 4.69) is 21.3 Å². The summed E-state index contributed by atoms with van der Waals surface area (Å²) in [4.78, 5) is 67.5. The van der Waals surface area contributed by atoms with E-state index in [0.717, 1.165) is 0 Å². The highest BCUT2D eigenvalue weighted by Gasteiger charge is 2.49. The van der Waals surface area contributed by atoms with Gasteiger partial charge in [-0.05, 0) is 18.9 Å². The normalized spacial score (nSPS) is 31.5. The molecule has 2 aliphatic heterocycles. The number of alkyl halides is 2. The summed E-state index contributed by atoms with van der Waals surface area (Å²) < 4.78 is 0. The second-order valence-corrected chi connectivity index (χ2v) is 11.0. The van der Waals surface area contributed by atoms with Gasteiger partial charge in [0.25, 0.3) is 0 Å². The average Bonchev–Trinajstić information content (AvgIpc) is 3.22. The van der Waals surface area contributed by atoms with Gasteiger partial charge in [0.15, 0.2) is 0 Å². The third kappa shape index (κ3) is 7.42. The van der Waals surface area contributed by atoms with Crippen LogP contribution in [0.25, 0.3) is 0 Å². The van der Waals surface area contributed by atoms with Crippen molar-refractivity contribution in [2.45, 2.75) is 80.2 Å². The van der Waals surface area contributed by atoms with Gasteiger partial charge in [0.1, 0.15) is 24.2 Å². The minimum absolute atomic E-state index is 0.0798. The minimum Gasteiger partial charge on any atom is -0.394 e. The first-order chi connectivity index (χ1) is 19.0. The molecule has 14 heteroatoms. The fourth-order valence-electron chi connectivity index (χ4n) is 4.78. The Morgan fingerprint density at radius 3 is 2.23 bits per heavy atom. The molecule has 0 radical (unpaired) electrons. The predicted molar refractivity (Wildman–Crippen MR) is 146 cm³/mol. The summed E-state index contributed by atoms with van der Waals surface area (Å²) in [6.07, 6.45) is -0.896. The monoisotopic (exact) mass is 599 g/mol. The lowest BCUT2D eigenvalue weighted by Gasteiger charge is -2.32. The summed E-state index contributed by atoms with van der Waals surface area (Å²) in [6.45, 7) is 2.21. The smallest absolute Gasteiger partial charge is 0.245 e. The molecule has 2 fully saturated rings. The van der Waals surface area contributed by atoms with Crippen molar-refractivity contribution in [3.63, 3.8) is 0 Å². The Bertz CT molecular complexity index is 1090. The summed E-state index contributed by atoms with van der Waals surface area (Å²) in [6, 6.07) is 2.42. The molecule has 2 unspecified atom stereocenters. The summed E-state index contributed by atoms with van der Waals surface area (Å²) >= 11 is 12.8. The minimum atomic E-state index is -1.55. The number of benzene rings is 1. The zero-order valence-electron chi connectivity index (χ0n) is 22.2. The molecule has 220 valence electrons. The van der Waals surface area contributed by atoms with E-state index in [1.54, 1.807) is 30.3 Å². The number of carbonyl (C=O) groups excluding carboxylic acids is 5. The molecule has 0 saturated carbocycles. The zero-order chi connectivity index (χ0) is 29.6. The first-order valence-corrected chi connectivity index (χ1v) is 14.0. The molecule has 40 heavy (non-hydrogen) atoms. The van der Waals surface area contributed by atoms with Crippen molar-refractivity contribution in [1.29, 1.82) is 0 Å². The van der Waals surface area contributed by atoms with Crippen LogP contribution in [-0.2, 0) is 24.0 Å². The van der Waals surface area contributed by atoms with E-state index in [1.807, 2.05) is 6.92 Å². The predicted octanol–water partition coefficient (Wildman–Crippen LogP) is -0.699. The van der Waals surface area contributed by atoms with Crippen LogP contribution in [-0.4, -0.2) is 98.8 Å². The van der Waals surface area contributed by atoms with Crippen LogP contribution in [0.4, 0.5) is 0 Å². The van der Waals surface area contributed by atoms with Crippen LogP contribution >= 0.6 is 23.2 Å². The number of fused-ring (bicyclic) bond motifs is 1. The molecule has 5 amide bonds. The van der Waals surface area contributed by atoms with Gasteiger partial charge in [0.05, 0.1) is 35.9 Å². The first kappa shape index (κ1) is 31.6. The maximum absolute atomic E-state index is 13.6. The van der Waals surface area contributed by atoms with Gasteiger partial charge in [-0.2, -0.15) is 0 Å². The van der Waals surface area contributed by atoms with Crippen molar-refractivity contribution < 1.29 is 34.2 Å². The zero-order valence-corrected chi connectivity index (χ0v) is 23.7. The highest BCUT2D eigenvalue weighted by molar-refractivity contribution is 6.32. The van der Waals surface area contributed by atoms with Crippen molar-refractivity contribution in [1.82, 2.24) is 26.2 Å². The number of carbonyl (C=O) groups is 5. The number of halogens is 2. The van der Waals surface area contributed by atoms with E-state index in [9.17, 15) is 34.2 Å². The SMILES string of the molecule is CCC[C@H]1NC(=O)C[C@H](c2ccccc2)NC(=O)C(CO)NC(=O)[C@H](C(C)O)NC(=O)[C@@H]2[C@H](Cl)[C@H](Cl)CN2C1=O. The molecule has 12 nitrogen and oxygen atoms in total. The fraction of sp³-hybridized carbons (Fsp3) is 0.577. The summed E-state index contributed by atoms with van der Waals surface area (Å²) in [7, 11) is 0. The summed E-state index contributed by atoms with van der Waals surface area (Å²) in [5.74, 6) is -3.71. The number of hydrogen-bond donors (Lipinski definition) is 6. The molecular formula is C26H35Cl2N5O7. The molecule has 3 rings (SSSR count). The molecule has 2 aliphatic rings. The molecule has 1 aromatic rings. The maximum atomic E-state index is 13.6. The lowest BCUT2D eigenvalue weighted by molar-refractivity contribution is -0.143. The van der Waals surface area contributed by atoms with Crippen LogP contribution in [0.2, 0.25) is 0 Å². The van der Waals surface area contributed by atoms with E-state index >= 15 is 0 Å². The number of hydrogen-bond acceptors (Lipinski definition) is 7. The quantitative estimate of drug-likeness (QED) is 0.242. The van der Waals surface area contributed by atoms with Crippen molar-refractivity contribution in [2.24, 2.45) is 0 Å². The number of aliphatic hydroxyl groups is 2. The van der Waals surface area contributed by atoms with Gasteiger partial charge < -0.3 is 36.4 Å². The Hall–Kier alpha value is -2.93. The Morgan fingerprint density at radius 2 is 1.62 bits per heavy atom. The van der Waals surface area contributed by atoms with Crippen LogP contribution in [0.3, 0.4) is 0 Å².